The Balaban J connectivity index is 1.02. The lowest BCUT2D eigenvalue weighted by Gasteiger charge is -2.65. The molecule has 12 heteroatoms. The molecule has 0 aromatic heterocycles. The maximum Gasteiger partial charge on any atom is 0.305 e. The van der Waals surface area contributed by atoms with Gasteiger partial charge in [-0.15, -0.1) is 0 Å². The molecule has 9 rings (SSSR count). The molecule has 4 heterocycles. The summed E-state index contributed by atoms with van der Waals surface area (Å²) in [7, 11) is 0. The molecule has 3 spiro atoms. The number of epoxide rings is 1. The van der Waals surface area contributed by atoms with E-state index in [1.54, 1.807) is 0 Å². The van der Waals surface area contributed by atoms with E-state index >= 15 is 0 Å². The number of aliphatic hydroxyl groups excluding tert-OH is 3. The summed E-state index contributed by atoms with van der Waals surface area (Å²) in [4.78, 5) is 24.9. The number of rotatable bonds is 4. The molecule has 5 aliphatic carbocycles. The maximum atomic E-state index is 13.0. The van der Waals surface area contributed by atoms with E-state index in [1.165, 1.54) is 13.8 Å². The minimum Gasteiger partial charge on any atom is -0.462 e. The van der Waals surface area contributed by atoms with Crippen LogP contribution < -0.4 is 0 Å². The molecule has 286 valence electrons. The van der Waals surface area contributed by atoms with Crippen molar-refractivity contribution in [3.05, 3.63) is 0 Å². The topological polar surface area (TPSA) is 163 Å². The number of fused-ring (bicyclic) bond motifs is 6. The third kappa shape index (κ3) is 4.31. The van der Waals surface area contributed by atoms with Crippen LogP contribution in [0.5, 0.6) is 0 Å². The summed E-state index contributed by atoms with van der Waals surface area (Å²) in [5.74, 6) is -0.545. The first kappa shape index (κ1) is 35.3. The van der Waals surface area contributed by atoms with Crippen molar-refractivity contribution in [3.8, 4) is 0 Å². The minimum absolute atomic E-state index is 0.0184. The van der Waals surface area contributed by atoms with Gasteiger partial charge in [-0.2, -0.15) is 0 Å². The summed E-state index contributed by atoms with van der Waals surface area (Å²) >= 11 is 0. The predicted molar refractivity (Wildman–Crippen MR) is 177 cm³/mol. The Morgan fingerprint density at radius 1 is 0.784 bits per heavy atom. The second-order valence-corrected chi connectivity index (χ2v) is 19.5. The van der Waals surface area contributed by atoms with Gasteiger partial charge in [0, 0.05) is 25.7 Å². The number of esters is 2. The first-order chi connectivity index (χ1) is 23.8. The maximum absolute atomic E-state index is 13.0. The predicted octanol–water partition coefficient (Wildman–Crippen LogP) is 3.60. The third-order valence-electron chi connectivity index (χ3n) is 17.0. The van der Waals surface area contributed by atoms with Gasteiger partial charge in [-0.05, 0) is 97.2 Å². The summed E-state index contributed by atoms with van der Waals surface area (Å²) in [6, 6.07) is 0. The van der Waals surface area contributed by atoms with E-state index in [4.69, 9.17) is 33.2 Å². The van der Waals surface area contributed by atoms with Crippen molar-refractivity contribution >= 4 is 11.9 Å². The molecule has 9 fully saturated rings. The zero-order chi connectivity index (χ0) is 36.5. The summed E-state index contributed by atoms with van der Waals surface area (Å²) in [5.41, 5.74) is -1.36. The average molecular weight is 719 g/mol. The van der Waals surface area contributed by atoms with Crippen molar-refractivity contribution in [2.75, 3.05) is 6.61 Å². The highest BCUT2D eigenvalue weighted by Crippen LogP contribution is 2.89. The number of hydrogen-bond acceptors (Lipinski definition) is 12. The highest BCUT2D eigenvalue weighted by molar-refractivity contribution is 5.66. The summed E-state index contributed by atoms with van der Waals surface area (Å²) < 4.78 is 44.1. The zero-order valence-corrected chi connectivity index (χ0v) is 31.4. The van der Waals surface area contributed by atoms with Crippen molar-refractivity contribution in [1.82, 2.24) is 0 Å². The van der Waals surface area contributed by atoms with E-state index in [1.807, 2.05) is 6.92 Å². The lowest BCUT2D eigenvalue weighted by atomic mass is 9.41. The van der Waals surface area contributed by atoms with Crippen LogP contribution in [-0.2, 0) is 42.7 Å². The molecular formula is C39H58O12. The molecule has 9 aliphatic rings. The number of carbonyl (C=O) groups is 2. The fourth-order valence-corrected chi connectivity index (χ4v) is 14.9. The largest absolute Gasteiger partial charge is 0.462 e. The van der Waals surface area contributed by atoms with Crippen LogP contribution in [0, 0.1) is 50.7 Å². The van der Waals surface area contributed by atoms with Gasteiger partial charge in [0.1, 0.15) is 30.5 Å². The fraction of sp³-hybridized carbons (Fsp3) is 0.949. The number of hydrogen-bond donors (Lipinski definition) is 3. The molecule has 0 aromatic carbocycles. The number of carbonyl (C=O) groups excluding carboxylic acids is 2. The summed E-state index contributed by atoms with van der Waals surface area (Å²) in [6.07, 6.45) is 0.778. The van der Waals surface area contributed by atoms with E-state index in [2.05, 4.69) is 34.6 Å². The summed E-state index contributed by atoms with van der Waals surface area (Å²) in [5, 5.41) is 31.0. The third-order valence-corrected chi connectivity index (χ3v) is 17.0. The van der Waals surface area contributed by atoms with E-state index in [0.29, 0.717) is 18.3 Å². The minimum atomic E-state index is -1.32. The van der Waals surface area contributed by atoms with Gasteiger partial charge in [-0.1, -0.05) is 34.6 Å². The van der Waals surface area contributed by atoms with Gasteiger partial charge in [0.2, 0.25) is 12.1 Å². The Morgan fingerprint density at radius 2 is 1.49 bits per heavy atom. The van der Waals surface area contributed by atoms with E-state index < -0.39 is 48.2 Å². The van der Waals surface area contributed by atoms with Gasteiger partial charge < -0.3 is 48.5 Å². The Labute approximate surface area is 300 Å². The Kier molecular flexibility index (Phi) is 7.40. The van der Waals surface area contributed by atoms with Crippen LogP contribution in [0.3, 0.4) is 0 Å². The Bertz CT molecular complexity index is 1500. The first-order valence-electron chi connectivity index (χ1n) is 19.5. The van der Waals surface area contributed by atoms with Crippen LogP contribution in [0.25, 0.3) is 0 Å². The molecule has 0 bridgehead atoms. The molecule has 4 saturated heterocycles. The van der Waals surface area contributed by atoms with Crippen LogP contribution >= 0.6 is 0 Å². The van der Waals surface area contributed by atoms with Crippen LogP contribution in [0.4, 0.5) is 0 Å². The molecule has 0 aromatic rings. The summed E-state index contributed by atoms with van der Waals surface area (Å²) in [6.45, 7) is 16.5. The van der Waals surface area contributed by atoms with Crippen molar-refractivity contribution in [1.29, 1.82) is 0 Å². The normalized spacial score (nSPS) is 60.1. The van der Waals surface area contributed by atoms with Crippen molar-refractivity contribution in [2.45, 2.75) is 173 Å². The SMILES string of the molecule is CC(=O)O[C@H]1O[C@]2(C[C@@H](C)[C@H]3[C@H](C[C@@]4(C)[C@@H]5CC[C@H]6C(C)(C)[C@@H](O[C@@H]7OC[C@@H](O)[C@H](O)[C@H]7O)CC[C@@]67C[C@@]57C[C@@H](OC(C)=O)[C@]34C)O2)[C@@H]2O[C@]12C. The van der Waals surface area contributed by atoms with Gasteiger partial charge >= 0.3 is 11.9 Å². The van der Waals surface area contributed by atoms with E-state index in [-0.39, 0.29) is 75.9 Å². The molecule has 4 aliphatic heterocycles. The van der Waals surface area contributed by atoms with Gasteiger partial charge in [0.15, 0.2) is 11.9 Å². The smallest absolute Gasteiger partial charge is 0.305 e. The van der Waals surface area contributed by atoms with E-state index in [0.717, 1.165) is 44.9 Å². The highest BCUT2D eigenvalue weighted by Gasteiger charge is 2.87. The molecule has 3 N–H and O–H groups in total. The van der Waals surface area contributed by atoms with Crippen LogP contribution in [0.15, 0.2) is 0 Å². The standard InChI is InChI=1S/C39H58O12/c1-18-13-39(31-36(8,50-31)32(51-39)47-20(3)41)49-22-14-34(6)24-10-9-23-33(4,5)25(48-30-29(44)28(43)21(42)16-45-30)11-12-37(23)17-38(24,37)15-26(46-19(2)40)35(34,7)27(18)22/h18,21-32,42-44H,9-17H2,1-8H3/t18-,21-,22+,23+,24+,25+,26-,27+,28+,29-,30+,31-,32+,34+,35-,36+,37-,38+,39-/m1/s1. The fourth-order valence-electron chi connectivity index (χ4n) is 14.9. The number of ether oxygens (including phenoxy) is 7. The van der Waals surface area contributed by atoms with Gasteiger partial charge in [0.05, 0.1) is 18.8 Å². The average Bonchev–Trinajstić information content (AvgIpc) is 3.87. The molecule has 5 saturated carbocycles. The van der Waals surface area contributed by atoms with Crippen LogP contribution in [0.1, 0.15) is 107 Å². The van der Waals surface area contributed by atoms with Gasteiger partial charge in [-0.25, -0.2) is 0 Å². The Morgan fingerprint density at radius 3 is 2.20 bits per heavy atom. The molecule has 51 heavy (non-hydrogen) atoms. The highest BCUT2D eigenvalue weighted by atomic mass is 16.9. The van der Waals surface area contributed by atoms with Crippen molar-refractivity contribution in [3.63, 3.8) is 0 Å². The molecule has 0 unspecified atom stereocenters. The number of aliphatic hydroxyl groups is 3. The molecule has 19 atom stereocenters. The monoisotopic (exact) mass is 718 g/mol. The quantitative estimate of drug-likeness (QED) is 0.220. The van der Waals surface area contributed by atoms with E-state index in [9.17, 15) is 24.9 Å². The van der Waals surface area contributed by atoms with Crippen molar-refractivity contribution in [2.24, 2.45) is 50.7 Å². The van der Waals surface area contributed by atoms with Crippen LogP contribution in [0.2, 0.25) is 0 Å². The lowest BCUT2D eigenvalue weighted by Crippen LogP contribution is -2.64. The Hall–Kier alpha value is -1.38. The second-order valence-electron chi connectivity index (χ2n) is 19.5. The van der Waals surface area contributed by atoms with Gasteiger partial charge in [-0.3, -0.25) is 9.59 Å². The van der Waals surface area contributed by atoms with Gasteiger partial charge in [0.25, 0.3) is 0 Å². The van der Waals surface area contributed by atoms with Crippen LogP contribution in [-0.4, -0.2) is 101 Å². The lowest BCUT2D eigenvalue weighted by molar-refractivity contribution is -0.347. The molecular weight excluding hydrogens is 660 g/mol. The molecule has 0 radical (unpaired) electrons. The zero-order valence-electron chi connectivity index (χ0n) is 31.4. The van der Waals surface area contributed by atoms with Crippen molar-refractivity contribution < 1.29 is 58.1 Å². The molecule has 0 amide bonds. The second kappa shape index (κ2) is 10.7. The first-order valence-corrected chi connectivity index (χ1v) is 19.5. The molecule has 12 nitrogen and oxygen atoms in total.